The first kappa shape index (κ1) is 14.9. The molecule has 3 N–H and O–H groups in total. The van der Waals surface area contributed by atoms with Gasteiger partial charge in [0.25, 0.3) is 0 Å². The molecule has 0 radical (unpaired) electrons. The number of pyridine rings is 1. The minimum Gasteiger partial charge on any atom is -0.480 e. The SMILES string of the molecule is Cc1ncccc1NC(=O)N[C@H](C(=O)O)C(C)(C)C. The van der Waals surface area contributed by atoms with Crippen LogP contribution in [0.2, 0.25) is 0 Å². The van der Waals surface area contributed by atoms with E-state index >= 15 is 0 Å². The molecule has 104 valence electrons. The third-order valence-corrected chi connectivity index (χ3v) is 2.64. The largest absolute Gasteiger partial charge is 0.480 e. The van der Waals surface area contributed by atoms with E-state index in [9.17, 15) is 9.59 Å². The fraction of sp³-hybridized carbons (Fsp3) is 0.462. The summed E-state index contributed by atoms with van der Waals surface area (Å²) in [6.07, 6.45) is 1.62. The maximum absolute atomic E-state index is 11.8. The molecule has 0 saturated heterocycles. The Bertz CT molecular complexity index is 480. The topological polar surface area (TPSA) is 91.3 Å². The number of rotatable bonds is 3. The Morgan fingerprint density at radius 3 is 2.47 bits per heavy atom. The molecular weight excluding hydrogens is 246 g/mol. The third-order valence-electron chi connectivity index (χ3n) is 2.64. The smallest absolute Gasteiger partial charge is 0.326 e. The van der Waals surface area contributed by atoms with E-state index in [0.717, 1.165) is 0 Å². The maximum atomic E-state index is 11.8. The molecule has 1 aromatic heterocycles. The fourth-order valence-electron chi connectivity index (χ4n) is 1.55. The highest BCUT2D eigenvalue weighted by molar-refractivity contribution is 5.92. The molecule has 6 heteroatoms. The van der Waals surface area contributed by atoms with Crippen LogP contribution >= 0.6 is 0 Å². The van der Waals surface area contributed by atoms with Gasteiger partial charge in [0, 0.05) is 6.20 Å². The number of carboxylic acids is 1. The lowest BCUT2D eigenvalue weighted by molar-refractivity contribution is -0.141. The molecule has 0 aliphatic heterocycles. The number of amides is 2. The number of nitrogens with one attached hydrogen (secondary N) is 2. The third kappa shape index (κ3) is 4.24. The zero-order valence-electron chi connectivity index (χ0n) is 11.5. The number of carbonyl (C=O) groups is 2. The van der Waals surface area contributed by atoms with Crippen LogP contribution in [0.15, 0.2) is 18.3 Å². The molecule has 0 aromatic carbocycles. The van der Waals surface area contributed by atoms with Crippen molar-refractivity contribution in [2.24, 2.45) is 5.41 Å². The van der Waals surface area contributed by atoms with E-state index in [4.69, 9.17) is 5.11 Å². The summed E-state index contributed by atoms with van der Waals surface area (Å²) in [5.74, 6) is -1.06. The van der Waals surface area contributed by atoms with E-state index in [0.29, 0.717) is 11.4 Å². The molecule has 0 aliphatic carbocycles. The van der Waals surface area contributed by atoms with Crippen molar-refractivity contribution >= 4 is 17.7 Å². The number of anilines is 1. The highest BCUT2D eigenvalue weighted by Crippen LogP contribution is 2.19. The van der Waals surface area contributed by atoms with E-state index in [-0.39, 0.29) is 0 Å². The molecule has 0 unspecified atom stereocenters. The summed E-state index contributed by atoms with van der Waals surface area (Å²) < 4.78 is 0. The number of carbonyl (C=O) groups excluding carboxylic acids is 1. The van der Waals surface area contributed by atoms with Gasteiger partial charge in [0.15, 0.2) is 0 Å². The lowest BCUT2D eigenvalue weighted by Gasteiger charge is -2.27. The van der Waals surface area contributed by atoms with Gasteiger partial charge in [-0.25, -0.2) is 9.59 Å². The molecule has 0 saturated carbocycles. The molecule has 1 atom stereocenters. The molecule has 1 rings (SSSR count). The Kier molecular flexibility index (Phi) is 4.47. The van der Waals surface area contributed by atoms with Crippen molar-refractivity contribution in [2.75, 3.05) is 5.32 Å². The Hall–Kier alpha value is -2.11. The van der Waals surface area contributed by atoms with Crippen LogP contribution < -0.4 is 10.6 Å². The minimum atomic E-state index is -1.06. The van der Waals surface area contributed by atoms with E-state index in [1.807, 2.05) is 0 Å². The molecular formula is C13H19N3O3. The van der Waals surface area contributed by atoms with Crippen molar-refractivity contribution in [3.8, 4) is 0 Å². The summed E-state index contributed by atoms with van der Waals surface area (Å²) >= 11 is 0. The van der Waals surface area contributed by atoms with Crippen LogP contribution in [-0.4, -0.2) is 28.1 Å². The lowest BCUT2D eigenvalue weighted by atomic mass is 9.87. The van der Waals surface area contributed by atoms with Gasteiger partial charge in [0.2, 0.25) is 0 Å². The molecule has 1 heterocycles. The van der Waals surface area contributed by atoms with Gasteiger partial charge >= 0.3 is 12.0 Å². The fourth-order valence-corrected chi connectivity index (χ4v) is 1.55. The summed E-state index contributed by atoms with van der Waals surface area (Å²) in [6.45, 7) is 7.01. The zero-order valence-corrected chi connectivity index (χ0v) is 11.5. The van der Waals surface area contributed by atoms with Gasteiger partial charge in [-0.05, 0) is 24.5 Å². The van der Waals surface area contributed by atoms with Crippen LogP contribution in [0.4, 0.5) is 10.5 Å². The van der Waals surface area contributed by atoms with Crippen LogP contribution in [-0.2, 0) is 4.79 Å². The van der Waals surface area contributed by atoms with Gasteiger partial charge in [0.05, 0.1) is 11.4 Å². The van der Waals surface area contributed by atoms with Crippen LogP contribution in [0.1, 0.15) is 26.5 Å². The Morgan fingerprint density at radius 2 is 2.00 bits per heavy atom. The van der Waals surface area contributed by atoms with Gasteiger partial charge in [0.1, 0.15) is 6.04 Å². The highest BCUT2D eigenvalue weighted by Gasteiger charge is 2.32. The average molecular weight is 265 g/mol. The molecule has 0 spiro atoms. The summed E-state index contributed by atoms with van der Waals surface area (Å²) in [4.78, 5) is 27.0. The van der Waals surface area contributed by atoms with Gasteiger partial charge in [-0.15, -0.1) is 0 Å². The molecule has 2 amide bonds. The number of carboxylic acid groups (broad SMARTS) is 1. The second kappa shape index (κ2) is 5.69. The number of hydrogen-bond donors (Lipinski definition) is 3. The molecule has 1 aromatic rings. The molecule has 19 heavy (non-hydrogen) atoms. The van der Waals surface area contributed by atoms with Crippen LogP contribution in [0.3, 0.4) is 0 Å². The lowest BCUT2D eigenvalue weighted by Crippen LogP contribution is -2.50. The number of nitrogens with zero attached hydrogens (tertiary/aromatic N) is 1. The number of aliphatic carboxylic acids is 1. The van der Waals surface area contributed by atoms with Crippen molar-refractivity contribution in [1.29, 1.82) is 0 Å². The summed E-state index contributed by atoms with van der Waals surface area (Å²) in [6, 6.07) is 1.87. The number of aromatic nitrogens is 1. The van der Waals surface area contributed by atoms with Crippen LogP contribution in [0.25, 0.3) is 0 Å². The molecule has 0 bridgehead atoms. The second-order valence-corrected chi connectivity index (χ2v) is 5.37. The van der Waals surface area contributed by atoms with Crippen molar-refractivity contribution in [1.82, 2.24) is 10.3 Å². The number of hydrogen-bond acceptors (Lipinski definition) is 3. The van der Waals surface area contributed by atoms with Crippen molar-refractivity contribution in [2.45, 2.75) is 33.7 Å². The Labute approximate surface area is 112 Å². The Morgan fingerprint density at radius 1 is 1.37 bits per heavy atom. The normalized spacial score (nSPS) is 12.6. The van der Waals surface area contributed by atoms with Crippen molar-refractivity contribution < 1.29 is 14.7 Å². The first-order chi connectivity index (χ1) is 8.71. The van der Waals surface area contributed by atoms with Gasteiger partial charge in [-0.1, -0.05) is 20.8 Å². The number of urea groups is 1. The summed E-state index contributed by atoms with van der Waals surface area (Å²) in [5, 5.41) is 14.2. The summed E-state index contributed by atoms with van der Waals surface area (Å²) in [5.41, 5.74) is 0.644. The minimum absolute atomic E-state index is 0.554. The first-order valence-electron chi connectivity index (χ1n) is 5.94. The zero-order chi connectivity index (χ0) is 14.6. The van der Waals surface area contributed by atoms with Crippen LogP contribution in [0, 0.1) is 12.3 Å². The van der Waals surface area contributed by atoms with E-state index in [2.05, 4.69) is 15.6 Å². The summed E-state index contributed by atoms with van der Waals surface area (Å²) in [7, 11) is 0. The number of aryl methyl sites for hydroxylation is 1. The van der Waals surface area contributed by atoms with Crippen molar-refractivity contribution in [3.05, 3.63) is 24.0 Å². The quantitative estimate of drug-likeness (QED) is 0.779. The van der Waals surface area contributed by atoms with E-state index in [1.165, 1.54) is 0 Å². The second-order valence-electron chi connectivity index (χ2n) is 5.37. The monoisotopic (exact) mass is 265 g/mol. The molecule has 6 nitrogen and oxygen atoms in total. The first-order valence-corrected chi connectivity index (χ1v) is 5.94. The van der Waals surface area contributed by atoms with Gasteiger partial charge in [-0.3, -0.25) is 4.98 Å². The van der Waals surface area contributed by atoms with Gasteiger partial charge < -0.3 is 15.7 Å². The van der Waals surface area contributed by atoms with E-state index in [1.54, 1.807) is 46.0 Å². The van der Waals surface area contributed by atoms with Gasteiger partial charge in [-0.2, -0.15) is 0 Å². The predicted molar refractivity (Wildman–Crippen MR) is 72.0 cm³/mol. The van der Waals surface area contributed by atoms with Crippen LogP contribution in [0.5, 0.6) is 0 Å². The van der Waals surface area contributed by atoms with E-state index < -0.39 is 23.5 Å². The Balaban J connectivity index is 2.75. The standard InChI is InChI=1S/C13H19N3O3/c1-8-9(6-5-7-14-8)15-12(19)16-10(11(17)18)13(2,3)4/h5-7,10H,1-4H3,(H,17,18)(H2,15,16,19)/t10-/m1/s1. The maximum Gasteiger partial charge on any atom is 0.326 e. The van der Waals surface area contributed by atoms with Crippen molar-refractivity contribution in [3.63, 3.8) is 0 Å². The average Bonchev–Trinajstić information content (AvgIpc) is 2.27. The molecule has 0 aliphatic rings. The highest BCUT2D eigenvalue weighted by atomic mass is 16.4. The molecule has 0 fully saturated rings. The predicted octanol–water partition coefficient (Wildman–Crippen LogP) is 2.01.